The first kappa shape index (κ1) is 30.4. The Balaban J connectivity index is 1.51. The lowest BCUT2D eigenvalue weighted by Gasteiger charge is -2.36. The molecule has 2 aliphatic rings. The average Bonchev–Trinajstić information content (AvgIpc) is 3.28. The second-order valence-corrected chi connectivity index (χ2v) is 13.0. The van der Waals surface area contributed by atoms with Gasteiger partial charge in [-0.05, 0) is 49.1 Å². The van der Waals surface area contributed by atoms with E-state index in [0.29, 0.717) is 19.4 Å². The summed E-state index contributed by atoms with van der Waals surface area (Å²) >= 11 is 3.31. The molecule has 12 heteroatoms. The molecule has 0 radical (unpaired) electrons. The van der Waals surface area contributed by atoms with Crippen LogP contribution < -0.4 is 14.2 Å². The predicted octanol–water partition coefficient (Wildman–Crippen LogP) is 4.16. The maximum absolute atomic E-state index is 14.4. The molecule has 1 aliphatic carbocycles. The number of benzene rings is 1. The number of halogens is 2. The highest BCUT2D eigenvalue weighted by Crippen LogP contribution is 2.40. The summed E-state index contributed by atoms with van der Waals surface area (Å²) in [5.74, 6) is -1.80. The highest BCUT2D eigenvalue weighted by molar-refractivity contribution is 14.1. The number of alkyl halides is 1. The molecule has 4 rings (SSSR count). The molecule has 1 saturated heterocycles. The minimum atomic E-state index is -1.91. The molecule has 1 aromatic carbocycles. The summed E-state index contributed by atoms with van der Waals surface area (Å²) < 4.78 is 17.0. The van der Waals surface area contributed by atoms with E-state index in [-0.39, 0.29) is 31.1 Å². The summed E-state index contributed by atoms with van der Waals surface area (Å²) in [6.07, 6.45) is 1.38. The summed E-state index contributed by atoms with van der Waals surface area (Å²) in [7, 11) is 0. The molecule has 3 atom stereocenters. The van der Waals surface area contributed by atoms with E-state index in [1.807, 2.05) is 31.2 Å². The number of rotatable bonds is 9. The molecule has 3 N–H and O–H groups in total. The Morgan fingerprint density at radius 2 is 1.85 bits per heavy atom. The molecule has 1 aliphatic heterocycles. The number of thiazole rings is 1. The molecule has 0 bridgehead atoms. The van der Waals surface area contributed by atoms with Gasteiger partial charge in [0.05, 0.1) is 51.4 Å². The van der Waals surface area contributed by atoms with Crippen LogP contribution in [0.1, 0.15) is 70.2 Å². The largest absolute Gasteiger partial charge is 0.347 e. The van der Waals surface area contributed by atoms with Crippen molar-refractivity contribution in [2.75, 3.05) is 6.54 Å². The molecule has 2 unspecified atom stereocenters. The predicted molar refractivity (Wildman–Crippen MR) is 159 cm³/mol. The number of carbonyl (C=O) groups is 4. The van der Waals surface area contributed by atoms with Gasteiger partial charge in [0.25, 0.3) is 5.91 Å². The maximum atomic E-state index is 14.4. The zero-order chi connectivity index (χ0) is 29.2. The van der Waals surface area contributed by atoms with Crippen LogP contribution in [-0.2, 0) is 19.2 Å². The van der Waals surface area contributed by atoms with Crippen LogP contribution in [-0.4, -0.2) is 57.8 Å². The van der Waals surface area contributed by atoms with E-state index >= 15 is 0 Å². The lowest BCUT2D eigenvalue weighted by molar-refractivity contribution is -0.145. The van der Waals surface area contributed by atoms with E-state index in [1.54, 1.807) is 60.5 Å². The quantitative estimate of drug-likeness (QED) is 0.271. The summed E-state index contributed by atoms with van der Waals surface area (Å²) in [6, 6.07) is 5.28. The van der Waals surface area contributed by atoms with Gasteiger partial charge in [-0.15, -0.1) is 11.3 Å². The fraction of sp³-hybridized carbons (Fsp3) is 0.536. The summed E-state index contributed by atoms with van der Waals surface area (Å²) in [6.45, 7) is 7.69. The van der Waals surface area contributed by atoms with E-state index in [0.717, 1.165) is 21.7 Å². The van der Waals surface area contributed by atoms with E-state index in [2.05, 4.69) is 19.1 Å². The number of nitrogens with zero attached hydrogens (tertiary/aromatic N) is 2. The van der Waals surface area contributed by atoms with Crippen molar-refractivity contribution in [1.29, 1.82) is 0 Å². The second-order valence-electron chi connectivity index (χ2n) is 11.6. The zero-order valence-electron chi connectivity index (χ0n) is 23.1. The van der Waals surface area contributed by atoms with Gasteiger partial charge in [0.15, 0.2) is 5.67 Å². The second kappa shape index (κ2) is 12.1. The van der Waals surface area contributed by atoms with E-state index < -0.39 is 41.0 Å². The topological polar surface area (TPSA) is 120 Å². The third-order valence-electron chi connectivity index (χ3n) is 7.46. The number of aryl methyl sites for hydroxylation is 1. The smallest absolute Gasteiger partial charge is 0.258 e. The van der Waals surface area contributed by atoms with Crippen LogP contribution in [0.2, 0.25) is 0 Å². The molecule has 2 aromatic rings. The molecule has 2 heterocycles. The van der Waals surface area contributed by atoms with Gasteiger partial charge in [-0.3, -0.25) is 22.7 Å². The van der Waals surface area contributed by atoms with E-state index in [4.69, 9.17) is 0 Å². The Morgan fingerprint density at radius 1 is 1.18 bits per heavy atom. The Bertz CT molecular complexity index is 1270. The number of hydrogen-bond acceptors (Lipinski definition) is 6. The van der Waals surface area contributed by atoms with Gasteiger partial charge in [-0.25, -0.2) is 9.37 Å². The number of likely N-dealkylation sites (tertiary alicyclic amines) is 1. The molecular weight excluding hydrogens is 648 g/mol. The van der Waals surface area contributed by atoms with Gasteiger partial charge in [0.2, 0.25) is 17.7 Å². The standard InChI is InChI=1S/C28H35FIN5O4S/c1-16-22(40-15-31-16)18-9-7-17(8-10-18)19(14-21(36)34-30)32-24(37)20-6-5-13-35(20)25(38)23(27(2,3)4)33-26(39)28(29)11-12-28/h7-10,15,19-20,23H,5-6,11-14H2,1-4H3,(H,32,37)(H,33,39)(H,34,36)/t19?,20?,23-/m1/s1. The van der Waals surface area contributed by atoms with Crippen molar-refractivity contribution >= 4 is 57.8 Å². The molecule has 1 aromatic heterocycles. The highest BCUT2D eigenvalue weighted by atomic mass is 127. The van der Waals surface area contributed by atoms with Crippen LogP contribution in [0, 0.1) is 12.3 Å². The monoisotopic (exact) mass is 683 g/mol. The Labute approximate surface area is 251 Å². The normalized spacial score (nSPS) is 19.4. The summed E-state index contributed by atoms with van der Waals surface area (Å²) in [4.78, 5) is 58.9. The average molecular weight is 684 g/mol. The molecule has 9 nitrogen and oxygen atoms in total. The first-order valence-electron chi connectivity index (χ1n) is 13.3. The van der Waals surface area contributed by atoms with E-state index in [9.17, 15) is 23.6 Å². The Hall–Kier alpha value is -2.61. The first-order valence-corrected chi connectivity index (χ1v) is 15.3. The van der Waals surface area contributed by atoms with Gasteiger partial charge in [-0.2, -0.15) is 0 Å². The zero-order valence-corrected chi connectivity index (χ0v) is 26.0. The fourth-order valence-corrected chi connectivity index (χ4v) is 5.94. The molecule has 1 saturated carbocycles. The third kappa shape index (κ3) is 6.81. The van der Waals surface area contributed by atoms with Gasteiger partial charge in [0, 0.05) is 6.54 Å². The van der Waals surface area contributed by atoms with Crippen LogP contribution in [0.5, 0.6) is 0 Å². The van der Waals surface area contributed by atoms with Crippen LogP contribution in [0.15, 0.2) is 29.8 Å². The maximum Gasteiger partial charge on any atom is 0.258 e. The van der Waals surface area contributed by atoms with Crippen molar-refractivity contribution in [3.8, 4) is 10.4 Å². The summed E-state index contributed by atoms with van der Waals surface area (Å²) in [5.41, 5.74) is 1.87. The van der Waals surface area contributed by atoms with Crippen molar-refractivity contribution in [2.45, 2.75) is 83.6 Å². The van der Waals surface area contributed by atoms with Crippen molar-refractivity contribution in [3.63, 3.8) is 0 Å². The van der Waals surface area contributed by atoms with Crippen molar-refractivity contribution in [3.05, 3.63) is 41.0 Å². The molecule has 2 fully saturated rings. The van der Waals surface area contributed by atoms with Gasteiger partial charge >= 0.3 is 0 Å². The number of amides is 4. The number of hydrogen-bond donors (Lipinski definition) is 3. The number of carbonyl (C=O) groups excluding carboxylic acids is 4. The Morgan fingerprint density at radius 3 is 2.40 bits per heavy atom. The minimum absolute atomic E-state index is 0.0214. The van der Waals surface area contributed by atoms with Crippen LogP contribution >= 0.6 is 34.2 Å². The Kier molecular flexibility index (Phi) is 9.18. The van der Waals surface area contributed by atoms with Crippen LogP contribution in [0.3, 0.4) is 0 Å². The van der Waals surface area contributed by atoms with E-state index in [1.165, 1.54) is 4.90 Å². The van der Waals surface area contributed by atoms with Crippen LogP contribution in [0.4, 0.5) is 4.39 Å². The van der Waals surface area contributed by atoms with Crippen molar-refractivity contribution in [1.82, 2.24) is 24.0 Å². The molecule has 216 valence electrons. The third-order valence-corrected chi connectivity index (χ3v) is 9.03. The molecule has 40 heavy (non-hydrogen) atoms. The molecular formula is C28H35FIN5O4S. The molecule has 0 spiro atoms. The van der Waals surface area contributed by atoms with Crippen molar-refractivity contribution < 1.29 is 23.6 Å². The van der Waals surface area contributed by atoms with Gasteiger partial charge in [-0.1, -0.05) is 45.0 Å². The number of aromatic nitrogens is 1. The highest BCUT2D eigenvalue weighted by Gasteiger charge is 2.53. The van der Waals surface area contributed by atoms with Gasteiger partial charge < -0.3 is 15.5 Å². The number of nitrogens with one attached hydrogen (secondary N) is 3. The van der Waals surface area contributed by atoms with Crippen molar-refractivity contribution in [2.24, 2.45) is 5.41 Å². The fourth-order valence-electron chi connectivity index (χ4n) is 4.90. The minimum Gasteiger partial charge on any atom is -0.347 e. The first-order chi connectivity index (χ1) is 18.8. The lowest BCUT2D eigenvalue weighted by atomic mass is 9.85. The molecule has 4 amide bonds. The lowest BCUT2D eigenvalue weighted by Crippen LogP contribution is -2.59. The SMILES string of the molecule is Cc1ncsc1-c1ccc(C(CC(=O)NI)NC(=O)C2CCCN2C(=O)[C@@H](NC(=O)C2(F)CC2)C(C)(C)C)cc1. The van der Waals surface area contributed by atoms with Gasteiger partial charge in [0.1, 0.15) is 12.1 Å². The summed E-state index contributed by atoms with van der Waals surface area (Å²) in [5, 5.41) is 5.61. The van der Waals surface area contributed by atoms with Crippen LogP contribution in [0.25, 0.3) is 10.4 Å².